The summed E-state index contributed by atoms with van der Waals surface area (Å²) in [6.07, 6.45) is 3.71. The Balaban J connectivity index is 1.63. The minimum absolute atomic E-state index is 0.834. The molecule has 1 aliphatic heterocycles. The maximum Gasteiger partial charge on any atom is 0.138 e. The second-order valence-corrected chi connectivity index (χ2v) is 7.26. The standard InChI is InChI=1S/C14H15N3S3/c18-14-17(8-12-3-1-5-15-7-12)10-16(11-20-14)9-13-4-2-6-19-13/h1-7H,8-11H2. The molecule has 6 heteroatoms. The van der Waals surface area contributed by atoms with Crippen LogP contribution in [0.4, 0.5) is 0 Å². The molecule has 1 saturated heterocycles. The minimum Gasteiger partial charge on any atom is -0.340 e. The summed E-state index contributed by atoms with van der Waals surface area (Å²) in [5.74, 6) is 0.972. The third kappa shape index (κ3) is 3.58. The van der Waals surface area contributed by atoms with Crippen LogP contribution in [0.5, 0.6) is 0 Å². The van der Waals surface area contributed by atoms with Crippen molar-refractivity contribution < 1.29 is 0 Å². The largest absolute Gasteiger partial charge is 0.340 e. The normalized spacial score (nSPS) is 16.6. The van der Waals surface area contributed by atoms with E-state index in [0.29, 0.717) is 0 Å². The third-order valence-corrected chi connectivity index (χ3v) is 5.53. The fourth-order valence-electron chi connectivity index (χ4n) is 2.12. The molecule has 0 spiro atoms. The molecule has 20 heavy (non-hydrogen) atoms. The zero-order valence-corrected chi connectivity index (χ0v) is 13.4. The fourth-order valence-corrected chi connectivity index (χ4v) is 3.92. The monoisotopic (exact) mass is 321 g/mol. The maximum absolute atomic E-state index is 5.47. The smallest absolute Gasteiger partial charge is 0.138 e. The molecule has 0 unspecified atom stereocenters. The highest BCUT2D eigenvalue weighted by atomic mass is 32.2. The van der Waals surface area contributed by atoms with E-state index in [1.165, 1.54) is 10.4 Å². The van der Waals surface area contributed by atoms with Gasteiger partial charge in [-0.3, -0.25) is 9.88 Å². The molecule has 0 atom stereocenters. The van der Waals surface area contributed by atoms with Crippen molar-refractivity contribution in [3.63, 3.8) is 0 Å². The lowest BCUT2D eigenvalue weighted by Gasteiger charge is -2.36. The topological polar surface area (TPSA) is 19.4 Å². The molecule has 1 fully saturated rings. The van der Waals surface area contributed by atoms with Gasteiger partial charge in [-0.05, 0) is 23.1 Å². The summed E-state index contributed by atoms with van der Waals surface area (Å²) in [6, 6.07) is 8.36. The van der Waals surface area contributed by atoms with Crippen LogP contribution in [0.25, 0.3) is 0 Å². The van der Waals surface area contributed by atoms with Crippen LogP contribution in [-0.4, -0.2) is 31.6 Å². The summed E-state index contributed by atoms with van der Waals surface area (Å²) in [4.78, 5) is 10.2. The van der Waals surface area contributed by atoms with E-state index in [4.69, 9.17) is 12.2 Å². The minimum atomic E-state index is 0.834. The van der Waals surface area contributed by atoms with Crippen molar-refractivity contribution in [2.75, 3.05) is 12.5 Å². The number of hydrogen-bond acceptors (Lipinski definition) is 5. The molecular formula is C14H15N3S3. The predicted octanol–water partition coefficient (Wildman–Crippen LogP) is 3.39. The van der Waals surface area contributed by atoms with Gasteiger partial charge in [-0.25, -0.2) is 0 Å². The van der Waals surface area contributed by atoms with E-state index in [1.807, 2.05) is 23.6 Å². The number of thiophene rings is 1. The number of thiocarbonyl (C=S) groups is 1. The molecule has 3 heterocycles. The van der Waals surface area contributed by atoms with Crippen LogP contribution in [0.1, 0.15) is 10.4 Å². The van der Waals surface area contributed by atoms with Gasteiger partial charge in [0, 0.05) is 30.4 Å². The summed E-state index contributed by atoms with van der Waals surface area (Å²) in [5, 5.41) is 2.13. The van der Waals surface area contributed by atoms with Crippen LogP contribution in [-0.2, 0) is 13.1 Å². The fraction of sp³-hybridized carbons (Fsp3) is 0.286. The third-order valence-electron chi connectivity index (χ3n) is 3.06. The van der Waals surface area contributed by atoms with Crippen molar-refractivity contribution in [3.05, 3.63) is 52.5 Å². The summed E-state index contributed by atoms with van der Waals surface area (Å²) in [5.41, 5.74) is 1.20. The Kier molecular flexibility index (Phi) is 4.67. The number of nitrogens with zero attached hydrogens (tertiary/aromatic N) is 3. The Hall–Kier alpha value is -0.950. The molecule has 0 aliphatic carbocycles. The summed E-state index contributed by atoms with van der Waals surface area (Å²) >= 11 is 9.02. The van der Waals surface area contributed by atoms with E-state index in [9.17, 15) is 0 Å². The first-order chi connectivity index (χ1) is 9.81. The van der Waals surface area contributed by atoms with Gasteiger partial charge in [0.15, 0.2) is 0 Å². The molecule has 0 radical (unpaired) electrons. The Labute approximate surface area is 132 Å². The van der Waals surface area contributed by atoms with Crippen molar-refractivity contribution in [3.8, 4) is 0 Å². The van der Waals surface area contributed by atoms with Gasteiger partial charge in [0.05, 0.1) is 12.5 Å². The molecule has 0 saturated carbocycles. The predicted molar refractivity (Wildman–Crippen MR) is 89.6 cm³/mol. The van der Waals surface area contributed by atoms with E-state index in [2.05, 4.69) is 38.4 Å². The van der Waals surface area contributed by atoms with Gasteiger partial charge in [0.2, 0.25) is 0 Å². The summed E-state index contributed by atoms with van der Waals surface area (Å²) < 4.78 is 0.983. The van der Waals surface area contributed by atoms with Gasteiger partial charge in [0.1, 0.15) is 4.32 Å². The van der Waals surface area contributed by atoms with Crippen LogP contribution in [0, 0.1) is 0 Å². The first-order valence-corrected chi connectivity index (χ1v) is 8.64. The lowest BCUT2D eigenvalue weighted by Crippen LogP contribution is -2.43. The van der Waals surface area contributed by atoms with E-state index < -0.39 is 0 Å². The van der Waals surface area contributed by atoms with Crippen LogP contribution in [0.3, 0.4) is 0 Å². The van der Waals surface area contributed by atoms with Gasteiger partial charge in [-0.1, -0.05) is 36.1 Å². The van der Waals surface area contributed by atoms with Crippen molar-refractivity contribution in [2.24, 2.45) is 0 Å². The zero-order valence-electron chi connectivity index (χ0n) is 10.9. The number of thioether (sulfide) groups is 1. The molecule has 0 N–H and O–H groups in total. The average molecular weight is 321 g/mol. The molecule has 1 aliphatic rings. The molecule has 0 amide bonds. The second-order valence-electron chi connectivity index (χ2n) is 4.65. The Morgan fingerprint density at radius 3 is 2.95 bits per heavy atom. The van der Waals surface area contributed by atoms with Gasteiger partial charge in [-0.15, -0.1) is 11.3 Å². The second kappa shape index (κ2) is 6.67. The van der Waals surface area contributed by atoms with E-state index in [1.54, 1.807) is 18.0 Å². The van der Waals surface area contributed by atoms with Crippen LogP contribution < -0.4 is 0 Å². The SMILES string of the molecule is S=C1SCN(Cc2cccs2)CN1Cc1cccnc1. The molecule has 3 rings (SSSR count). The average Bonchev–Trinajstić information content (AvgIpc) is 2.97. The molecule has 104 valence electrons. The first-order valence-electron chi connectivity index (χ1n) is 6.36. The molecule has 0 bridgehead atoms. The molecule has 2 aromatic heterocycles. The highest BCUT2D eigenvalue weighted by Gasteiger charge is 2.22. The quantitative estimate of drug-likeness (QED) is 0.802. The van der Waals surface area contributed by atoms with Crippen molar-refractivity contribution in [2.45, 2.75) is 13.1 Å². The molecule has 0 aromatic carbocycles. The van der Waals surface area contributed by atoms with E-state index in [0.717, 1.165) is 30.0 Å². The van der Waals surface area contributed by atoms with Crippen LogP contribution >= 0.6 is 35.3 Å². The first kappa shape index (κ1) is 14.0. The zero-order chi connectivity index (χ0) is 13.8. The highest BCUT2D eigenvalue weighted by Crippen LogP contribution is 2.23. The number of rotatable bonds is 4. The lowest BCUT2D eigenvalue weighted by atomic mass is 10.3. The van der Waals surface area contributed by atoms with Crippen molar-refractivity contribution in [1.29, 1.82) is 0 Å². The van der Waals surface area contributed by atoms with Gasteiger partial charge in [0.25, 0.3) is 0 Å². The molecular weight excluding hydrogens is 306 g/mol. The van der Waals surface area contributed by atoms with Crippen molar-refractivity contribution >= 4 is 39.6 Å². The number of pyridine rings is 1. The molecule has 3 nitrogen and oxygen atoms in total. The summed E-state index contributed by atoms with van der Waals surface area (Å²) in [7, 11) is 0. The number of hydrogen-bond donors (Lipinski definition) is 0. The van der Waals surface area contributed by atoms with Gasteiger partial charge >= 0.3 is 0 Å². The van der Waals surface area contributed by atoms with Gasteiger partial charge in [-0.2, -0.15) is 0 Å². The lowest BCUT2D eigenvalue weighted by molar-refractivity contribution is 0.202. The summed E-state index contributed by atoms with van der Waals surface area (Å²) in [6.45, 7) is 2.72. The van der Waals surface area contributed by atoms with E-state index >= 15 is 0 Å². The van der Waals surface area contributed by atoms with E-state index in [-0.39, 0.29) is 0 Å². The Morgan fingerprint density at radius 2 is 2.20 bits per heavy atom. The van der Waals surface area contributed by atoms with Gasteiger partial charge < -0.3 is 4.90 Å². The van der Waals surface area contributed by atoms with Crippen LogP contribution in [0.2, 0.25) is 0 Å². The highest BCUT2D eigenvalue weighted by molar-refractivity contribution is 8.22. The number of aromatic nitrogens is 1. The molecule has 2 aromatic rings. The Morgan fingerprint density at radius 1 is 1.25 bits per heavy atom. The Bertz CT molecular complexity index is 556. The van der Waals surface area contributed by atoms with Crippen molar-refractivity contribution in [1.82, 2.24) is 14.8 Å². The maximum atomic E-state index is 5.47. The van der Waals surface area contributed by atoms with Crippen LogP contribution in [0.15, 0.2) is 42.0 Å².